The van der Waals surface area contributed by atoms with Gasteiger partial charge in [-0.25, -0.2) is 4.39 Å². The Kier molecular flexibility index (Phi) is 5.41. The van der Waals surface area contributed by atoms with Crippen molar-refractivity contribution >= 4 is 22.7 Å². The minimum atomic E-state index is -0.939. The molecule has 3 heterocycles. The van der Waals surface area contributed by atoms with Crippen LogP contribution in [0.5, 0.6) is 5.75 Å². The van der Waals surface area contributed by atoms with Gasteiger partial charge in [-0.1, -0.05) is 24.3 Å². The van der Waals surface area contributed by atoms with Crippen LogP contribution in [0.2, 0.25) is 0 Å². The van der Waals surface area contributed by atoms with Gasteiger partial charge in [-0.15, -0.1) is 0 Å². The van der Waals surface area contributed by atoms with E-state index >= 15 is 0 Å². The molecule has 0 saturated heterocycles. The highest BCUT2D eigenvalue weighted by Crippen LogP contribution is 2.40. The van der Waals surface area contributed by atoms with Gasteiger partial charge in [-0.3, -0.25) is 9.59 Å². The summed E-state index contributed by atoms with van der Waals surface area (Å²) in [6.45, 7) is 0.171. The van der Waals surface area contributed by atoms with E-state index in [-0.39, 0.29) is 23.7 Å². The van der Waals surface area contributed by atoms with Crippen LogP contribution in [0, 0.1) is 5.82 Å². The minimum Gasteiger partial charge on any atom is -0.503 e. The van der Waals surface area contributed by atoms with Crippen molar-refractivity contribution in [2.75, 3.05) is 13.7 Å². The molecule has 0 fully saturated rings. The van der Waals surface area contributed by atoms with E-state index in [2.05, 4.69) is 0 Å². The Balaban J connectivity index is 1.50. The van der Waals surface area contributed by atoms with Gasteiger partial charge in [0.25, 0.3) is 5.91 Å². The number of benzene rings is 2. The van der Waals surface area contributed by atoms with Gasteiger partial charge in [0.1, 0.15) is 17.6 Å². The Hall–Kier alpha value is -4.33. The highest BCUT2D eigenvalue weighted by atomic mass is 19.1. The van der Waals surface area contributed by atoms with Gasteiger partial charge >= 0.3 is 0 Å². The first-order valence-electron chi connectivity index (χ1n) is 10.6. The zero-order valence-electron chi connectivity index (χ0n) is 18.2. The molecule has 0 radical (unpaired) electrons. The molecule has 7 nitrogen and oxygen atoms in total. The van der Waals surface area contributed by atoms with E-state index in [1.54, 1.807) is 48.5 Å². The van der Waals surface area contributed by atoms with Crippen LogP contribution in [-0.2, 0) is 11.2 Å². The minimum absolute atomic E-state index is 0.0363. The van der Waals surface area contributed by atoms with Crippen molar-refractivity contribution in [1.82, 2.24) is 4.90 Å². The highest BCUT2D eigenvalue weighted by Gasteiger charge is 2.45. The number of amides is 1. The third kappa shape index (κ3) is 3.63. The van der Waals surface area contributed by atoms with E-state index in [1.165, 1.54) is 30.4 Å². The molecule has 1 unspecified atom stereocenters. The number of Topliss-reactive ketones (excluding diaryl/α,β-unsaturated/α-hetero) is 1. The van der Waals surface area contributed by atoms with Crippen molar-refractivity contribution in [2.24, 2.45) is 0 Å². The summed E-state index contributed by atoms with van der Waals surface area (Å²) in [6, 6.07) is 15.1. The lowest BCUT2D eigenvalue weighted by molar-refractivity contribution is -0.129. The Morgan fingerprint density at radius 2 is 1.94 bits per heavy atom. The topological polar surface area (TPSA) is 93.1 Å². The SMILES string of the molecule is COc1cccc2cc(C(=O)C3=C(O)C(=O)N(CCc4ccc(F)cc4)C3c3ccco3)oc12. The summed E-state index contributed by atoms with van der Waals surface area (Å²) >= 11 is 0. The summed E-state index contributed by atoms with van der Waals surface area (Å²) in [6.07, 6.45) is 1.82. The number of para-hydroxylation sites is 1. The van der Waals surface area contributed by atoms with Crippen LogP contribution in [0.3, 0.4) is 0 Å². The highest BCUT2D eigenvalue weighted by molar-refractivity contribution is 6.16. The van der Waals surface area contributed by atoms with Crippen molar-refractivity contribution in [3.8, 4) is 5.75 Å². The fourth-order valence-corrected chi connectivity index (χ4v) is 4.20. The van der Waals surface area contributed by atoms with Crippen LogP contribution in [-0.4, -0.2) is 35.4 Å². The van der Waals surface area contributed by atoms with E-state index in [0.29, 0.717) is 28.9 Å². The number of carbonyl (C=O) groups excluding carboxylic acids is 2. The van der Waals surface area contributed by atoms with Crippen molar-refractivity contribution in [2.45, 2.75) is 12.5 Å². The monoisotopic (exact) mass is 461 g/mol. The Morgan fingerprint density at radius 1 is 1.15 bits per heavy atom. The average Bonchev–Trinajstić information content (AvgIpc) is 3.57. The summed E-state index contributed by atoms with van der Waals surface area (Å²) in [4.78, 5) is 27.9. The number of carbonyl (C=O) groups is 2. The predicted molar refractivity (Wildman–Crippen MR) is 120 cm³/mol. The van der Waals surface area contributed by atoms with Crippen molar-refractivity contribution in [3.63, 3.8) is 0 Å². The first-order valence-corrected chi connectivity index (χ1v) is 10.6. The number of ketones is 1. The molecular formula is C26H20FNO6. The number of fused-ring (bicyclic) bond motifs is 1. The fraction of sp³-hybridized carbons (Fsp3) is 0.154. The number of ether oxygens (including phenoxy) is 1. The fourth-order valence-electron chi connectivity index (χ4n) is 4.20. The molecule has 1 amide bonds. The van der Waals surface area contributed by atoms with Gasteiger partial charge in [0.15, 0.2) is 22.9 Å². The molecule has 2 aromatic carbocycles. The second-order valence-corrected chi connectivity index (χ2v) is 7.87. The number of hydrogen-bond acceptors (Lipinski definition) is 6. The van der Waals surface area contributed by atoms with Gasteiger partial charge in [0, 0.05) is 11.9 Å². The number of methoxy groups -OCH3 is 1. The number of aliphatic hydroxyl groups is 1. The van der Waals surface area contributed by atoms with Crippen LogP contribution in [0.1, 0.15) is 27.9 Å². The van der Waals surface area contributed by atoms with Gasteiger partial charge < -0.3 is 23.6 Å². The lowest BCUT2D eigenvalue weighted by atomic mass is 9.99. The van der Waals surface area contributed by atoms with Crippen molar-refractivity contribution < 1.29 is 32.7 Å². The second-order valence-electron chi connectivity index (χ2n) is 7.87. The van der Waals surface area contributed by atoms with E-state index in [0.717, 1.165) is 5.56 Å². The van der Waals surface area contributed by atoms with E-state index in [4.69, 9.17) is 13.6 Å². The third-order valence-electron chi connectivity index (χ3n) is 5.87. The van der Waals surface area contributed by atoms with Crippen LogP contribution in [0.15, 0.2) is 87.1 Å². The number of rotatable bonds is 7. The van der Waals surface area contributed by atoms with Crippen LogP contribution < -0.4 is 4.74 Å². The lowest BCUT2D eigenvalue weighted by Gasteiger charge is -2.24. The first kappa shape index (κ1) is 21.5. The molecule has 1 N–H and O–H groups in total. The van der Waals surface area contributed by atoms with Crippen LogP contribution in [0.4, 0.5) is 4.39 Å². The Morgan fingerprint density at radius 3 is 2.65 bits per heavy atom. The maximum absolute atomic E-state index is 13.5. The third-order valence-corrected chi connectivity index (χ3v) is 5.87. The molecule has 0 saturated carbocycles. The van der Waals surface area contributed by atoms with E-state index in [9.17, 15) is 19.1 Å². The molecule has 1 aliphatic rings. The van der Waals surface area contributed by atoms with Gasteiger partial charge in [-0.05, 0) is 48.4 Å². The summed E-state index contributed by atoms with van der Waals surface area (Å²) in [5.41, 5.74) is 1.06. The summed E-state index contributed by atoms with van der Waals surface area (Å²) in [5.74, 6) is -1.59. The molecule has 2 aromatic heterocycles. The zero-order chi connectivity index (χ0) is 23.8. The lowest BCUT2D eigenvalue weighted by Crippen LogP contribution is -2.32. The molecule has 0 aliphatic carbocycles. The zero-order valence-corrected chi connectivity index (χ0v) is 18.2. The molecule has 172 valence electrons. The second kappa shape index (κ2) is 8.55. The Bertz CT molecular complexity index is 1400. The normalized spacial score (nSPS) is 16.0. The van der Waals surface area contributed by atoms with E-state index in [1.807, 2.05) is 0 Å². The van der Waals surface area contributed by atoms with E-state index < -0.39 is 23.5 Å². The summed E-state index contributed by atoms with van der Waals surface area (Å²) in [5, 5.41) is 11.4. The molecule has 0 spiro atoms. The molecule has 34 heavy (non-hydrogen) atoms. The maximum Gasteiger partial charge on any atom is 0.290 e. The van der Waals surface area contributed by atoms with Gasteiger partial charge in [0.05, 0.1) is 18.9 Å². The molecule has 5 rings (SSSR count). The molecule has 4 aromatic rings. The number of aliphatic hydroxyl groups excluding tert-OH is 1. The first-order chi connectivity index (χ1) is 16.5. The number of furan rings is 2. The molecular weight excluding hydrogens is 441 g/mol. The summed E-state index contributed by atoms with van der Waals surface area (Å²) < 4.78 is 29.8. The van der Waals surface area contributed by atoms with Gasteiger partial charge in [0.2, 0.25) is 5.78 Å². The van der Waals surface area contributed by atoms with Crippen LogP contribution in [0.25, 0.3) is 11.0 Å². The Labute approximate surface area is 193 Å². The van der Waals surface area contributed by atoms with Crippen LogP contribution >= 0.6 is 0 Å². The summed E-state index contributed by atoms with van der Waals surface area (Å²) in [7, 11) is 1.49. The quantitative estimate of drug-likeness (QED) is 0.390. The van der Waals surface area contributed by atoms with Gasteiger partial charge in [-0.2, -0.15) is 0 Å². The average molecular weight is 461 g/mol. The number of nitrogens with zero attached hydrogens (tertiary/aromatic N) is 1. The smallest absolute Gasteiger partial charge is 0.290 e. The standard InChI is InChI=1S/C26H20FNO6/c1-32-19-5-2-4-16-14-20(34-25(16)19)23(29)21-22(18-6-3-13-33-18)28(26(31)24(21)30)12-11-15-7-9-17(27)10-8-15/h2-10,13-14,22,30H,11-12H2,1H3. The molecule has 1 aliphatic heterocycles. The molecule has 8 heteroatoms. The van der Waals surface area contributed by atoms with Crippen molar-refractivity contribution in [1.29, 1.82) is 0 Å². The predicted octanol–water partition coefficient (Wildman–Crippen LogP) is 4.99. The number of hydrogen-bond donors (Lipinski definition) is 1. The number of halogens is 1. The van der Waals surface area contributed by atoms with Crippen molar-refractivity contribution in [3.05, 3.63) is 101 Å². The molecule has 1 atom stereocenters. The maximum atomic E-state index is 13.5. The molecule has 0 bridgehead atoms. The largest absolute Gasteiger partial charge is 0.503 e.